The normalized spacial score (nSPS) is 16.4. The van der Waals surface area contributed by atoms with Gasteiger partial charge in [0.1, 0.15) is 4.75 Å². The first-order valence-corrected chi connectivity index (χ1v) is 6.15. The molecule has 0 unspecified atom stereocenters. The molecule has 4 nitrogen and oxygen atoms in total. The minimum Gasteiger partial charge on any atom is -0.598 e. The monoisotopic (exact) mass is 229 g/mol. The van der Waals surface area contributed by atoms with Crippen LogP contribution in [0.1, 0.15) is 45.0 Å². The van der Waals surface area contributed by atoms with Gasteiger partial charge < -0.3 is 4.55 Å². The van der Waals surface area contributed by atoms with Crippen LogP contribution in [-0.4, -0.2) is 19.5 Å². The Hall–Kier alpha value is -0.520. The smallest absolute Gasteiger partial charge is 0.136 e. The van der Waals surface area contributed by atoms with Crippen LogP contribution in [0.25, 0.3) is 0 Å². The zero-order valence-corrected chi connectivity index (χ0v) is 10.7. The molecule has 0 spiro atoms. The third kappa shape index (κ3) is 3.22. The molecule has 1 rings (SSSR count). The Kier molecular flexibility index (Phi) is 3.81. The SMILES string of the molecule is Cc1n[nH]cc1[C@H](C)N[S@+]([O-])C(C)(C)C. The predicted molar refractivity (Wildman–Crippen MR) is 62.8 cm³/mol. The average Bonchev–Trinajstić information content (AvgIpc) is 2.49. The van der Waals surface area contributed by atoms with Crippen molar-refractivity contribution in [1.82, 2.24) is 14.9 Å². The van der Waals surface area contributed by atoms with E-state index in [1.807, 2.05) is 40.8 Å². The lowest BCUT2D eigenvalue weighted by Crippen LogP contribution is -2.40. The summed E-state index contributed by atoms with van der Waals surface area (Å²) >= 11 is -1.05. The summed E-state index contributed by atoms with van der Waals surface area (Å²) in [7, 11) is 0. The van der Waals surface area contributed by atoms with E-state index in [0.717, 1.165) is 11.3 Å². The molecule has 0 fully saturated rings. The maximum absolute atomic E-state index is 11.9. The lowest BCUT2D eigenvalue weighted by atomic mass is 10.1. The van der Waals surface area contributed by atoms with E-state index in [1.165, 1.54) is 0 Å². The summed E-state index contributed by atoms with van der Waals surface area (Å²) in [6.45, 7) is 9.77. The molecule has 0 saturated carbocycles. The predicted octanol–water partition coefficient (Wildman–Crippen LogP) is 1.83. The third-order valence-electron chi connectivity index (χ3n) is 2.18. The summed E-state index contributed by atoms with van der Waals surface area (Å²) in [4.78, 5) is 0. The van der Waals surface area contributed by atoms with Gasteiger partial charge in [-0.25, -0.2) is 0 Å². The van der Waals surface area contributed by atoms with Crippen molar-refractivity contribution >= 4 is 11.4 Å². The maximum atomic E-state index is 11.9. The van der Waals surface area contributed by atoms with Crippen molar-refractivity contribution in [2.45, 2.75) is 45.4 Å². The van der Waals surface area contributed by atoms with Gasteiger partial charge in [0.2, 0.25) is 0 Å². The van der Waals surface area contributed by atoms with Gasteiger partial charge >= 0.3 is 0 Å². The van der Waals surface area contributed by atoms with Crippen LogP contribution in [-0.2, 0) is 11.4 Å². The van der Waals surface area contributed by atoms with Crippen molar-refractivity contribution in [3.63, 3.8) is 0 Å². The topological polar surface area (TPSA) is 63.8 Å². The maximum Gasteiger partial charge on any atom is 0.136 e. The van der Waals surface area contributed by atoms with Crippen LogP contribution in [0.5, 0.6) is 0 Å². The number of aryl methyl sites for hydroxylation is 1. The van der Waals surface area contributed by atoms with Gasteiger partial charge in [-0.05, 0) is 34.6 Å². The number of H-pyrrole nitrogens is 1. The van der Waals surface area contributed by atoms with Crippen LogP contribution in [0.4, 0.5) is 0 Å². The van der Waals surface area contributed by atoms with Crippen LogP contribution >= 0.6 is 0 Å². The molecule has 0 amide bonds. The molecule has 1 aromatic rings. The summed E-state index contributed by atoms with van der Waals surface area (Å²) in [5.41, 5.74) is 2.01. The molecule has 0 aliphatic rings. The van der Waals surface area contributed by atoms with Crippen molar-refractivity contribution < 1.29 is 4.55 Å². The quantitative estimate of drug-likeness (QED) is 0.777. The van der Waals surface area contributed by atoms with Gasteiger partial charge in [-0.1, -0.05) is 0 Å². The molecule has 2 atom stereocenters. The third-order valence-corrected chi connectivity index (χ3v) is 3.86. The first kappa shape index (κ1) is 12.5. The van der Waals surface area contributed by atoms with Crippen molar-refractivity contribution in [3.8, 4) is 0 Å². The summed E-state index contributed by atoms with van der Waals surface area (Å²) < 4.78 is 14.7. The van der Waals surface area contributed by atoms with Gasteiger partial charge in [-0.3, -0.25) is 5.10 Å². The highest BCUT2D eigenvalue weighted by Gasteiger charge is 2.28. The Balaban J connectivity index is 2.64. The number of hydrogen-bond acceptors (Lipinski definition) is 3. The van der Waals surface area contributed by atoms with Gasteiger partial charge in [0.25, 0.3) is 0 Å². The van der Waals surface area contributed by atoms with E-state index in [9.17, 15) is 4.55 Å². The van der Waals surface area contributed by atoms with E-state index in [-0.39, 0.29) is 10.8 Å². The molecule has 0 bridgehead atoms. The first-order chi connectivity index (χ1) is 6.82. The van der Waals surface area contributed by atoms with Crippen molar-refractivity contribution in [3.05, 3.63) is 17.5 Å². The van der Waals surface area contributed by atoms with Crippen molar-refractivity contribution in [2.75, 3.05) is 0 Å². The number of hydrogen-bond donors (Lipinski definition) is 2. The molecule has 2 N–H and O–H groups in total. The van der Waals surface area contributed by atoms with Crippen LogP contribution in [0.2, 0.25) is 0 Å². The number of aromatic nitrogens is 2. The summed E-state index contributed by atoms with van der Waals surface area (Å²) in [5.74, 6) is 0. The highest BCUT2D eigenvalue weighted by Crippen LogP contribution is 2.20. The van der Waals surface area contributed by atoms with Gasteiger partial charge in [0, 0.05) is 23.1 Å². The van der Waals surface area contributed by atoms with Gasteiger partial charge in [0.15, 0.2) is 0 Å². The van der Waals surface area contributed by atoms with Crippen LogP contribution in [0, 0.1) is 6.92 Å². The Morgan fingerprint density at radius 2 is 2.13 bits per heavy atom. The molecule has 0 aromatic carbocycles. The molecule has 15 heavy (non-hydrogen) atoms. The van der Waals surface area contributed by atoms with E-state index in [4.69, 9.17) is 0 Å². The second-order valence-corrected chi connectivity index (χ2v) is 6.64. The van der Waals surface area contributed by atoms with E-state index in [1.54, 1.807) is 0 Å². The number of rotatable bonds is 3. The summed E-state index contributed by atoms with van der Waals surface area (Å²) in [5, 5.41) is 6.85. The average molecular weight is 229 g/mol. The lowest BCUT2D eigenvalue weighted by molar-refractivity contribution is 0.531. The molecule has 1 aromatic heterocycles. The van der Waals surface area contributed by atoms with Crippen molar-refractivity contribution in [2.24, 2.45) is 0 Å². The number of aromatic amines is 1. The van der Waals surface area contributed by atoms with Gasteiger partial charge in [0.05, 0.1) is 11.7 Å². The zero-order chi connectivity index (χ0) is 11.6. The fraction of sp³-hybridized carbons (Fsp3) is 0.700. The second kappa shape index (κ2) is 4.55. The summed E-state index contributed by atoms with van der Waals surface area (Å²) in [6, 6.07) is 0.0452. The highest BCUT2D eigenvalue weighted by molar-refractivity contribution is 7.90. The number of nitrogens with one attached hydrogen (secondary N) is 2. The first-order valence-electron chi connectivity index (χ1n) is 5.00. The minimum atomic E-state index is -1.05. The van der Waals surface area contributed by atoms with Crippen LogP contribution in [0.15, 0.2) is 6.20 Å². The van der Waals surface area contributed by atoms with E-state index in [2.05, 4.69) is 14.9 Å². The molecule has 5 heteroatoms. The molecule has 86 valence electrons. The van der Waals surface area contributed by atoms with Gasteiger partial charge in [-0.2, -0.15) is 5.10 Å². The van der Waals surface area contributed by atoms with Crippen LogP contribution < -0.4 is 4.72 Å². The standard InChI is InChI=1S/C10H19N3OS/c1-7-9(6-11-12-7)8(2)13-15(14)10(3,4)5/h6,8,13H,1-5H3,(H,11,12)/t8-,15+/m0/s1. The Morgan fingerprint density at radius 3 is 2.53 bits per heavy atom. The van der Waals surface area contributed by atoms with E-state index in [0.29, 0.717) is 0 Å². The van der Waals surface area contributed by atoms with E-state index >= 15 is 0 Å². The minimum absolute atomic E-state index is 0.0452. The Bertz CT molecular complexity index is 319. The van der Waals surface area contributed by atoms with Crippen LogP contribution in [0.3, 0.4) is 0 Å². The molecule has 0 aliphatic heterocycles. The zero-order valence-electron chi connectivity index (χ0n) is 9.92. The van der Waals surface area contributed by atoms with E-state index < -0.39 is 11.4 Å². The highest BCUT2D eigenvalue weighted by atomic mass is 32.2. The lowest BCUT2D eigenvalue weighted by Gasteiger charge is -2.26. The number of nitrogens with zero attached hydrogens (tertiary/aromatic N) is 1. The Labute approximate surface area is 94.2 Å². The molecular weight excluding hydrogens is 210 g/mol. The molecule has 0 saturated heterocycles. The fourth-order valence-corrected chi connectivity index (χ4v) is 2.01. The largest absolute Gasteiger partial charge is 0.598 e. The second-order valence-electron chi connectivity index (χ2n) is 4.65. The molecule has 1 heterocycles. The molecule has 0 radical (unpaired) electrons. The Morgan fingerprint density at radius 1 is 1.53 bits per heavy atom. The fourth-order valence-electron chi connectivity index (χ4n) is 1.21. The van der Waals surface area contributed by atoms with Crippen molar-refractivity contribution in [1.29, 1.82) is 0 Å². The van der Waals surface area contributed by atoms with Gasteiger partial charge in [-0.15, -0.1) is 4.72 Å². The molecule has 0 aliphatic carbocycles. The summed E-state index contributed by atoms with van der Waals surface area (Å²) in [6.07, 6.45) is 1.84. The molecular formula is C10H19N3OS.